The Labute approximate surface area is 124 Å². The van der Waals surface area contributed by atoms with E-state index in [4.69, 9.17) is 14.7 Å². The van der Waals surface area contributed by atoms with E-state index in [0.717, 1.165) is 26.6 Å². The second kappa shape index (κ2) is 18.3. The molecular weight excluding hydrogens is 258 g/mol. The molecule has 1 aliphatic heterocycles. The number of allylic oxidation sites excluding steroid dienone is 2. The number of methoxy groups -OCH3 is 1. The van der Waals surface area contributed by atoms with E-state index in [0.29, 0.717) is 12.7 Å². The molecule has 1 aliphatic rings. The molecule has 1 saturated heterocycles. The van der Waals surface area contributed by atoms with Crippen LogP contribution in [0.3, 0.4) is 0 Å². The number of ether oxygens (including phenoxy) is 1. The Bertz CT molecular complexity index is 232. The van der Waals surface area contributed by atoms with Gasteiger partial charge in [-0.2, -0.15) is 5.06 Å². The van der Waals surface area contributed by atoms with E-state index in [-0.39, 0.29) is 5.48 Å². The molecule has 0 aromatic rings. The Balaban J connectivity index is -0.000000426. The third-order valence-electron chi connectivity index (χ3n) is 2.32. The van der Waals surface area contributed by atoms with Crippen LogP contribution in [0.25, 0.3) is 0 Å². The number of nitrogens with zero attached hydrogens (tertiary/aromatic N) is 1. The molecule has 1 fully saturated rings. The summed E-state index contributed by atoms with van der Waals surface area (Å²) in [6.07, 6.45) is 6.38. The average Bonchev–Trinajstić information content (AvgIpc) is 2.88. The van der Waals surface area contributed by atoms with Gasteiger partial charge >= 0.3 is 0 Å². The molecule has 0 aliphatic carbocycles. The van der Waals surface area contributed by atoms with Gasteiger partial charge in [0.2, 0.25) is 0 Å². The molecule has 122 valence electrons. The fraction of sp³-hybridized carbons (Fsp3) is 0.733. The zero-order chi connectivity index (χ0) is 15.1. The smallest absolute Gasteiger partial charge is 0.0896 e. The Morgan fingerprint density at radius 2 is 1.95 bits per heavy atom. The summed E-state index contributed by atoms with van der Waals surface area (Å²) in [7, 11) is 2.75. The fourth-order valence-electron chi connectivity index (χ4n) is 1.45. The van der Waals surface area contributed by atoms with Crippen LogP contribution < -0.4 is 0 Å². The van der Waals surface area contributed by atoms with E-state index in [1.54, 1.807) is 13.2 Å². The highest BCUT2D eigenvalue weighted by atomic mass is 16.7. The number of hydroxylamine groups is 2. The maximum Gasteiger partial charge on any atom is 0.0896 e. The number of aliphatic hydroxyl groups is 1. The van der Waals surface area contributed by atoms with Crippen LogP contribution in [0.5, 0.6) is 0 Å². The summed E-state index contributed by atoms with van der Waals surface area (Å²) in [5, 5.41) is 8.97. The standard InChI is InChI=1S/C11H19NO2.C3H8.CH4O.H2O/c1-4-5-10(2)9-14-12-7-6-11(8-12)13-3;1-3-2;1-2;/h4-5,11H,1,6-9H2,2-3H3;3H2,1-2H3;2H,1H3;1H2/b10-5+;;;. The van der Waals surface area contributed by atoms with Gasteiger partial charge in [0.05, 0.1) is 19.3 Å². The lowest BCUT2D eigenvalue weighted by molar-refractivity contribution is -0.139. The monoisotopic (exact) mass is 291 g/mol. The molecule has 0 aromatic heterocycles. The summed E-state index contributed by atoms with van der Waals surface area (Å²) in [5.74, 6) is 0. The van der Waals surface area contributed by atoms with Gasteiger partial charge in [0.25, 0.3) is 0 Å². The van der Waals surface area contributed by atoms with Gasteiger partial charge in [0.15, 0.2) is 0 Å². The van der Waals surface area contributed by atoms with Gasteiger partial charge < -0.3 is 15.3 Å². The molecule has 3 N–H and O–H groups in total. The molecule has 1 rings (SSSR count). The zero-order valence-corrected chi connectivity index (χ0v) is 13.7. The normalized spacial score (nSPS) is 18.1. The van der Waals surface area contributed by atoms with Crippen LogP contribution in [0.15, 0.2) is 24.3 Å². The van der Waals surface area contributed by atoms with E-state index >= 15 is 0 Å². The van der Waals surface area contributed by atoms with E-state index in [1.165, 1.54) is 12.0 Å². The molecule has 0 bridgehead atoms. The van der Waals surface area contributed by atoms with E-state index < -0.39 is 0 Å². The van der Waals surface area contributed by atoms with Gasteiger partial charge in [-0.05, 0) is 18.9 Å². The maximum absolute atomic E-state index is 7.00. The number of rotatable bonds is 5. The average molecular weight is 291 g/mol. The third-order valence-corrected chi connectivity index (χ3v) is 2.32. The van der Waals surface area contributed by atoms with Gasteiger partial charge in [-0.15, -0.1) is 0 Å². The Hall–Kier alpha value is -0.720. The van der Waals surface area contributed by atoms with Crippen molar-refractivity contribution in [3.05, 3.63) is 24.3 Å². The highest BCUT2D eigenvalue weighted by molar-refractivity contribution is 5.07. The second-order valence-corrected chi connectivity index (χ2v) is 4.26. The molecule has 0 spiro atoms. The number of hydrogen-bond donors (Lipinski definition) is 1. The zero-order valence-electron chi connectivity index (χ0n) is 13.7. The van der Waals surface area contributed by atoms with Crippen molar-refractivity contribution in [1.82, 2.24) is 5.06 Å². The van der Waals surface area contributed by atoms with Gasteiger partial charge in [0.1, 0.15) is 0 Å². The van der Waals surface area contributed by atoms with Crippen molar-refractivity contribution in [3.63, 3.8) is 0 Å². The van der Waals surface area contributed by atoms with Crippen molar-refractivity contribution in [2.75, 3.05) is 33.9 Å². The van der Waals surface area contributed by atoms with E-state index in [2.05, 4.69) is 20.4 Å². The first-order valence-corrected chi connectivity index (χ1v) is 6.81. The first-order chi connectivity index (χ1) is 9.17. The van der Waals surface area contributed by atoms with Crippen LogP contribution in [-0.4, -0.2) is 55.7 Å². The lowest BCUT2D eigenvalue weighted by Crippen LogP contribution is -2.24. The molecule has 1 unspecified atom stereocenters. The molecule has 0 saturated carbocycles. The van der Waals surface area contributed by atoms with Crippen molar-refractivity contribution in [3.8, 4) is 0 Å². The van der Waals surface area contributed by atoms with Crippen molar-refractivity contribution in [2.45, 2.75) is 39.7 Å². The first-order valence-electron chi connectivity index (χ1n) is 6.81. The topological polar surface area (TPSA) is 73.4 Å². The molecule has 5 nitrogen and oxygen atoms in total. The summed E-state index contributed by atoms with van der Waals surface area (Å²) in [4.78, 5) is 5.59. The highest BCUT2D eigenvalue weighted by Crippen LogP contribution is 2.12. The third kappa shape index (κ3) is 13.7. The van der Waals surface area contributed by atoms with Gasteiger partial charge in [-0.25, -0.2) is 0 Å². The van der Waals surface area contributed by atoms with Crippen LogP contribution in [0.4, 0.5) is 0 Å². The highest BCUT2D eigenvalue weighted by Gasteiger charge is 2.22. The Kier molecular flexibility index (Phi) is 22.2. The van der Waals surface area contributed by atoms with Crippen LogP contribution in [0.1, 0.15) is 33.6 Å². The van der Waals surface area contributed by atoms with Gasteiger partial charge in [-0.1, -0.05) is 39.0 Å². The largest absolute Gasteiger partial charge is 0.412 e. The Morgan fingerprint density at radius 3 is 2.35 bits per heavy atom. The minimum Gasteiger partial charge on any atom is -0.412 e. The lowest BCUT2D eigenvalue weighted by Gasteiger charge is -2.15. The minimum atomic E-state index is 0. The second-order valence-electron chi connectivity index (χ2n) is 4.26. The SMILES string of the molecule is C=C/C=C(\C)CON1CCC(OC)C1.CCC.CO.O. The van der Waals surface area contributed by atoms with Gasteiger partial charge in [0, 0.05) is 20.8 Å². The lowest BCUT2D eigenvalue weighted by atomic mass is 10.3. The molecule has 20 heavy (non-hydrogen) atoms. The van der Waals surface area contributed by atoms with Crippen molar-refractivity contribution < 1.29 is 20.2 Å². The fourth-order valence-corrected chi connectivity index (χ4v) is 1.45. The molecule has 0 radical (unpaired) electrons. The molecule has 5 heteroatoms. The minimum absolute atomic E-state index is 0. The summed E-state index contributed by atoms with van der Waals surface area (Å²) < 4.78 is 5.24. The van der Waals surface area contributed by atoms with Crippen molar-refractivity contribution >= 4 is 0 Å². The van der Waals surface area contributed by atoms with Crippen molar-refractivity contribution in [2.24, 2.45) is 0 Å². The van der Waals surface area contributed by atoms with E-state index in [9.17, 15) is 0 Å². The van der Waals surface area contributed by atoms with Gasteiger partial charge in [-0.3, -0.25) is 4.84 Å². The molecule has 0 aromatic carbocycles. The van der Waals surface area contributed by atoms with Crippen molar-refractivity contribution in [1.29, 1.82) is 0 Å². The summed E-state index contributed by atoms with van der Waals surface area (Å²) in [5.41, 5.74) is 1.18. The summed E-state index contributed by atoms with van der Waals surface area (Å²) >= 11 is 0. The number of hydrogen-bond acceptors (Lipinski definition) is 4. The Morgan fingerprint density at radius 1 is 1.40 bits per heavy atom. The molecule has 1 atom stereocenters. The molecule has 0 amide bonds. The van der Waals surface area contributed by atoms with E-state index in [1.807, 2.05) is 18.1 Å². The van der Waals surface area contributed by atoms with Crippen LogP contribution in [0, 0.1) is 0 Å². The first kappa shape index (κ1) is 24.3. The summed E-state index contributed by atoms with van der Waals surface area (Å²) in [6.45, 7) is 12.4. The van der Waals surface area contributed by atoms with Crippen LogP contribution in [-0.2, 0) is 9.57 Å². The predicted octanol–water partition coefficient (Wildman–Crippen LogP) is 1.97. The van der Waals surface area contributed by atoms with Crippen LogP contribution >= 0.6 is 0 Å². The number of aliphatic hydroxyl groups excluding tert-OH is 1. The quantitative estimate of drug-likeness (QED) is 0.786. The van der Waals surface area contributed by atoms with Crippen LogP contribution in [0.2, 0.25) is 0 Å². The summed E-state index contributed by atoms with van der Waals surface area (Å²) in [6, 6.07) is 0. The molecular formula is C15H33NO4. The predicted molar refractivity (Wildman–Crippen MR) is 84.6 cm³/mol. The molecule has 1 heterocycles. The maximum atomic E-state index is 7.00.